The molecular weight excluding hydrogens is 408 g/mol. The molecule has 1 amide bonds. The lowest BCUT2D eigenvalue weighted by atomic mass is 9.96. The summed E-state index contributed by atoms with van der Waals surface area (Å²) in [5.41, 5.74) is 3.59. The van der Waals surface area contributed by atoms with Gasteiger partial charge in [-0.15, -0.1) is 0 Å². The van der Waals surface area contributed by atoms with Gasteiger partial charge in [0.25, 0.3) is 0 Å². The van der Waals surface area contributed by atoms with Gasteiger partial charge in [0, 0.05) is 15.5 Å². The zero-order valence-electron chi connectivity index (χ0n) is 15.7. The minimum Gasteiger partial charge on any atom is -0.348 e. The molecule has 1 N–H and O–H groups in total. The molecule has 4 rings (SSSR count). The summed E-state index contributed by atoms with van der Waals surface area (Å²) < 4.78 is 4.95. The summed E-state index contributed by atoms with van der Waals surface area (Å²) in [4.78, 5) is 21.3. The van der Waals surface area contributed by atoms with Gasteiger partial charge in [-0.1, -0.05) is 36.7 Å². The van der Waals surface area contributed by atoms with E-state index in [2.05, 4.69) is 42.0 Å². The van der Waals surface area contributed by atoms with E-state index in [1.165, 1.54) is 0 Å². The number of rotatable bonds is 2. The Labute approximate surface area is 166 Å². The molecule has 27 heavy (non-hydrogen) atoms. The van der Waals surface area contributed by atoms with Gasteiger partial charge in [0.05, 0.1) is 36.5 Å². The van der Waals surface area contributed by atoms with Gasteiger partial charge >= 0.3 is 0 Å². The van der Waals surface area contributed by atoms with Crippen LogP contribution in [0.4, 0.5) is 0 Å². The maximum absolute atomic E-state index is 12.2. The lowest BCUT2D eigenvalue weighted by Crippen LogP contribution is -2.34. The third kappa shape index (κ3) is 3.18. The van der Waals surface area contributed by atoms with E-state index >= 15 is 0 Å². The lowest BCUT2D eigenvalue weighted by Gasteiger charge is -2.16. The molecule has 0 fully saturated rings. The van der Waals surface area contributed by atoms with Crippen molar-refractivity contribution in [1.82, 2.24) is 29.6 Å². The number of amides is 1. The minimum atomic E-state index is -0.447. The van der Waals surface area contributed by atoms with Crippen LogP contribution in [0.2, 0.25) is 0 Å². The van der Waals surface area contributed by atoms with Gasteiger partial charge in [0.15, 0.2) is 11.6 Å². The summed E-state index contributed by atoms with van der Waals surface area (Å²) in [5.74, 6) is 1.36. The SMILES string of the molecule is Cc1ncn2c1Cn1nc(CNC(=O)C(C)(C)C)nc1-c1cc(Br)ccc1-2. The molecule has 8 heteroatoms. The zero-order valence-corrected chi connectivity index (χ0v) is 17.3. The van der Waals surface area contributed by atoms with Crippen molar-refractivity contribution in [3.05, 3.63) is 46.2 Å². The molecule has 3 aromatic rings. The highest BCUT2D eigenvalue weighted by Crippen LogP contribution is 2.33. The number of fused-ring (bicyclic) bond motifs is 5. The van der Waals surface area contributed by atoms with Crippen LogP contribution in [0.1, 0.15) is 38.0 Å². The highest BCUT2D eigenvalue weighted by Gasteiger charge is 2.25. The normalized spacial score (nSPS) is 12.8. The Morgan fingerprint density at radius 1 is 1.33 bits per heavy atom. The average molecular weight is 429 g/mol. The number of imidazole rings is 1. The second-order valence-corrected chi connectivity index (χ2v) is 8.67. The van der Waals surface area contributed by atoms with Gasteiger partial charge in [-0.05, 0) is 25.1 Å². The summed E-state index contributed by atoms with van der Waals surface area (Å²) in [7, 11) is 0. The van der Waals surface area contributed by atoms with Crippen molar-refractivity contribution in [2.45, 2.75) is 40.8 Å². The van der Waals surface area contributed by atoms with Crippen molar-refractivity contribution in [3.8, 4) is 17.1 Å². The zero-order chi connectivity index (χ0) is 19.3. The maximum atomic E-state index is 12.2. The third-order valence-corrected chi connectivity index (χ3v) is 5.13. The second kappa shape index (κ2) is 6.30. The van der Waals surface area contributed by atoms with E-state index in [1.807, 2.05) is 50.8 Å². The van der Waals surface area contributed by atoms with Gasteiger partial charge in [-0.2, -0.15) is 5.10 Å². The van der Waals surface area contributed by atoms with Gasteiger partial charge < -0.3 is 9.88 Å². The number of carbonyl (C=O) groups is 1. The van der Waals surface area contributed by atoms with Crippen molar-refractivity contribution in [1.29, 1.82) is 0 Å². The number of aromatic nitrogens is 5. The number of carbonyl (C=O) groups excluding carboxylic acids is 1. The fourth-order valence-corrected chi connectivity index (χ4v) is 3.46. The Bertz CT molecular complexity index is 1040. The maximum Gasteiger partial charge on any atom is 0.225 e. The van der Waals surface area contributed by atoms with Crippen LogP contribution in [0.3, 0.4) is 0 Å². The first-order valence-electron chi connectivity index (χ1n) is 8.79. The molecule has 0 atom stereocenters. The summed E-state index contributed by atoms with van der Waals surface area (Å²) in [6, 6.07) is 6.10. The molecule has 0 saturated carbocycles. The van der Waals surface area contributed by atoms with Gasteiger partial charge in [0.1, 0.15) is 0 Å². The molecule has 2 aromatic heterocycles. The lowest BCUT2D eigenvalue weighted by molar-refractivity contribution is -0.128. The number of nitrogens with zero attached hydrogens (tertiary/aromatic N) is 5. The number of aryl methyl sites for hydroxylation is 1. The quantitative estimate of drug-likeness (QED) is 0.531. The molecule has 0 bridgehead atoms. The topological polar surface area (TPSA) is 77.6 Å². The molecule has 7 nitrogen and oxygen atoms in total. The Balaban J connectivity index is 1.76. The number of hydrogen-bond donors (Lipinski definition) is 1. The number of nitrogens with one attached hydrogen (secondary N) is 1. The number of hydrogen-bond acceptors (Lipinski definition) is 4. The molecular formula is C19H21BrN6O. The van der Waals surface area contributed by atoms with E-state index in [0.717, 1.165) is 32.9 Å². The highest BCUT2D eigenvalue weighted by molar-refractivity contribution is 9.10. The Kier molecular flexibility index (Phi) is 4.18. The van der Waals surface area contributed by atoms with Crippen LogP contribution in [0.25, 0.3) is 17.1 Å². The third-order valence-electron chi connectivity index (χ3n) is 4.64. The van der Waals surface area contributed by atoms with Crippen LogP contribution >= 0.6 is 15.9 Å². The predicted octanol–water partition coefficient (Wildman–Crippen LogP) is 3.23. The van der Waals surface area contributed by atoms with Crippen LogP contribution in [0, 0.1) is 12.3 Å². The van der Waals surface area contributed by atoms with Crippen molar-refractivity contribution in [3.63, 3.8) is 0 Å². The largest absolute Gasteiger partial charge is 0.348 e. The molecule has 140 valence electrons. The molecule has 0 spiro atoms. The van der Waals surface area contributed by atoms with E-state index in [0.29, 0.717) is 18.9 Å². The fourth-order valence-electron chi connectivity index (χ4n) is 3.10. The summed E-state index contributed by atoms with van der Waals surface area (Å²) in [6.45, 7) is 8.53. The first-order chi connectivity index (χ1) is 12.7. The highest BCUT2D eigenvalue weighted by atomic mass is 79.9. The van der Waals surface area contributed by atoms with Crippen molar-refractivity contribution < 1.29 is 4.79 Å². The molecule has 0 saturated heterocycles. The smallest absolute Gasteiger partial charge is 0.225 e. The first-order valence-corrected chi connectivity index (χ1v) is 9.58. The Morgan fingerprint density at radius 2 is 2.11 bits per heavy atom. The Morgan fingerprint density at radius 3 is 2.85 bits per heavy atom. The molecule has 1 aliphatic heterocycles. The van der Waals surface area contributed by atoms with Crippen molar-refractivity contribution in [2.75, 3.05) is 0 Å². The van der Waals surface area contributed by atoms with Crippen LogP contribution < -0.4 is 5.32 Å². The standard InChI is InChI=1S/C19H21BrN6O/c1-11-15-9-26-17(23-16(24-26)8-21-18(27)19(2,3)4)13-7-12(20)5-6-14(13)25(15)10-22-11/h5-7,10H,8-9H2,1-4H3,(H,21,27). The van der Waals surface area contributed by atoms with Crippen LogP contribution in [-0.4, -0.2) is 30.2 Å². The van der Waals surface area contributed by atoms with Crippen LogP contribution in [-0.2, 0) is 17.9 Å². The van der Waals surface area contributed by atoms with E-state index in [4.69, 9.17) is 4.98 Å². The Hall–Kier alpha value is -2.48. The van der Waals surface area contributed by atoms with Crippen molar-refractivity contribution in [2.24, 2.45) is 5.41 Å². The molecule has 0 unspecified atom stereocenters. The minimum absolute atomic E-state index is 0.0236. The van der Waals surface area contributed by atoms with Crippen LogP contribution in [0.15, 0.2) is 29.0 Å². The molecule has 3 heterocycles. The van der Waals surface area contributed by atoms with E-state index in [9.17, 15) is 4.79 Å². The summed E-state index contributed by atoms with van der Waals surface area (Å²) in [5, 5.41) is 7.57. The molecule has 0 radical (unpaired) electrons. The van der Waals surface area contributed by atoms with Gasteiger partial charge in [0.2, 0.25) is 5.91 Å². The fraction of sp³-hybridized carbons (Fsp3) is 0.368. The first kappa shape index (κ1) is 17.9. The molecule has 1 aromatic carbocycles. The number of benzene rings is 1. The summed E-state index contributed by atoms with van der Waals surface area (Å²) in [6.07, 6.45) is 1.84. The van der Waals surface area contributed by atoms with Gasteiger partial charge in [-0.25, -0.2) is 14.6 Å². The molecule has 0 aliphatic carbocycles. The monoisotopic (exact) mass is 428 g/mol. The van der Waals surface area contributed by atoms with Crippen LogP contribution in [0.5, 0.6) is 0 Å². The number of halogens is 1. The summed E-state index contributed by atoms with van der Waals surface area (Å²) >= 11 is 3.55. The average Bonchev–Trinajstić information content (AvgIpc) is 3.13. The van der Waals surface area contributed by atoms with Gasteiger partial charge in [-0.3, -0.25) is 4.79 Å². The van der Waals surface area contributed by atoms with E-state index in [1.54, 1.807) is 0 Å². The van der Waals surface area contributed by atoms with Crippen molar-refractivity contribution >= 4 is 21.8 Å². The second-order valence-electron chi connectivity index (χ2n) is 7.75. The predicted molar refractivity (Wildman–Crippen MR) is 105 cm³/mol. The van der Waals surface area contributed by atoms with E-state index in [-0.39, 0.29) is 5.91 Å². The van der Waals surface area contributed by atoms with E-state index < -0.39 is 5.41 Å². The molecule has 1 aliphatic rings.